The number of methoxy groups -OCH3 is 1. The zero-order valence-electron chi connectivity index (χ0n) is 18.3. The predicted molar refractivity (Wildman–Crippen MR) is 115 cm³/mol. The molecule has 0 spiro atoms. The average Bonchev–Trinajstić information content (AvgIpc) is 3.27. The quantitative estimate of drug-likeness (QED) is 0.812. The van der Waals surface area contributed by atoms with E-state index in [1.807, 2.05) is 23.6 Å². The summed E-state index contributed by atoms with van der Waals surface area (Å²) >= 11 is 0. The van der Waals surface area contributed by atoms with Crippen LogP contribution in [0.25, 0.3) is 0 Å². The maximum Gasteiger partial charge on any atom is 0.257 e. The van der Waals surface area contributed by atoms with Gasteiger partial charge < -0.3 is 19.3 Å². The average molecular weight is 427 g/mol. The zero-order chi connectivity index (χ0) is 22.0. The molecule has 2 aliphatic rings. The number of piperidine rings is 1. The Morgan fingerprint density at radius 2 is 1.68 bits per heavy atom. The molecular weight excluding hydrogens is 396 g/mol. The normalized spacial score (nSPS) is 22.4. The van der Waals surface area contributed by atoms with Gasteiger partial charge in [0, 0.05) is 37.7 Å². The number of carbonyl (C=O) groups is 2. The minimum atomic E-state index is 0.00230. The van der Waals surface area contributed by atoms with Gasteiger partial charge in [0.1, 0.15) is 5.75 Å². The van der Waals surface area contributed by atoms with Crippen LogP contribution < -0.4 is 4.74 Å². The van der Waals surface area contributed by atoms with Crippen LogP contribution in [0.5, 0.6) is 5.75 Å². The molecule has 0 saturated carbocycles. The molecule has 0 unspecified atom stereocenters. The van der Waals surface area contributed by atoms with Gasteiger partial charge >= 0.3 is 0 Å². The largest absolute Gasteiger partial charge is 0.497 e. The predicted octanol–water partition coefficient (Wildman–Crippen LogP) is 2.69. The molecule has 1 N–H and O–H groups in total. The zero-order valence-corrected chi connectivity index (χ0v) is 18.3. The van der Waals surface area contributed by atoms with E-state index in [0.717, 1.165) is 24.3 Å². The number of aromatic amines is 1. The second-order valence-electron chi connectivity index (χ2n) is 8.46. The second-order valence-corrected chi connectivity index (χ2v) is 8.46. The van der Waals surface area contributed by atoms with Crippen molar-refractivity contribution in [3.05, 3.63) is 47.3 Å². The fourth-order valence-corrected chi connectivity index (χ4v) is 4.58. The third-order valence-electron chi connectivity index (χ3n) is 6.13. The van der Waals surface area contributed by atoms with Crippen molar-refractivity contribution < 1.29 is 19.1 Å². The number of amides is 2. The number of aromatic nitrogens is 2. The number of likely N-dealkylation sites (tertiary alicyclic amines) is 1. The van der Waals surface area contributed by atoms with Crippen molar-refractivity contribution in [1.82, 2.24) is 20.0 Å². The van der Waals surface area contributed by atoms with Gasteiger partial charge in [-0.3, -0.25) is 14.7 Å². The molecule has 2 saturated heterocycles. The van der Waals surface area contributed by atoms with Gasteiger partial charge in [-0.05, 0) is 51.0 Å². The van der Waals surface area contributed by atoms with Crippen molar-refractivity contribution in [3.8, 4) is 5.75 Å². The summed E-state index contributed by atoms with van der Waals surface area (Å²) in [5.74, 6) is 0.939. The Morgan fingerprint density at radius 3 is 2.29 bits per heavy atom. The highest BCUT2D eigenvalue weighted by Gasteiger charge is 2.32. The van der Waals surface area contributed by atoms with E-state index < -0.39 is 0 Å². The van der Waals surface area contributed by atoms with Gasteiger partial charge in [0.2, 0.25) is 0 Å². The fraction of sp³-hybridized carbons (Fsp3) is 0.522. The third-order valence-corrected chi connectivity index (χ3v) is 6.13. The van der Waals surface area contributed by atoms with Gasteiger partial charge in [-0.2, -0.15) is 5.10 Å². The van der Waals surface area contributed by atoms with Gasteiger partial charge in [-0.15, -0.1) is 0 Å². The van der Waals surface area contributed by atoms with Crippen LogP contribution in [-0.4, -0.2) is 77.3 Å². The van der Waals surface area contributed by atoms with Crippen LogP contribution in [0, 0.1) is 0 Å². The Kier molecular flexibility index (Phi) is 6.27. The summed E-state index contributed by atoms with van der Waals surface area (Å²) in [4.78, 5) is 29.7. The molecule has 2 aromatic rings. The van der Waals surface area contributed by atoms with Crippen LogP contribution in [0.1, 0.15) is 59.0 Å². The summed E-state index contributed by atoms with van der Waals surface area (Å²) in [6, 6.07) is 7.19. The van der Waals surface area contributed by atoms with Crippen molar-refractivity contribution >= 4 is 11.8 Å². The minimum absolute atomic E-state index is 0.00230. The maximum atomic E-state index is 13.2. The number of nitrogens with zero attached hydrogens (tertiary/aromatic N) is 3. The summed E-state index contributed by atoms with van der Waals surface area (Å²) < 4.78 is 10.9. The van der Waals surface area contributed by atoms with E-state index in [-0.39, 0.29) is 29.9 Å². The number of rotatable bonds is 4. The molecule has 31 heavy (non-hydrogen) atoms. The molecule has 0 aliphatic carbocycles. The molecule has 3 heterocycles. The van der Waals surface area contributed by atoms with Crippen molar-refractivity contribution in [2.24, 2.45) is 0 Å². The van der Waals surface area contributed by atoms with E-state index in [1.54, 1.807) is 37.6 Å². The van der Waals surface area contributed by atoms with E-state index >= 15 is 0 Å². The lowest BCUT2D eigenvalue weighted by atomic mass is 9.90. The van der Waals surface area contributed by atoms with Crippen LogP contribution in [0.4, 0.5) is 0 Å². The molecule has 8 nitrogen and oxygen atoms in total. The highest BCUT2D eigenvalue weighted by molar-refractivity contribution is 5.96. The van der Waals surface area contributed by atoms with E-state index in [9.17, 15) is 9.59 Å². The molecule has 8 heteroatoms. The minimum Gasteiger partial charge on any atom is -0.497 e. The lowest BCUT2D eigenvalue weighted by Gasteiger charge is -2.36. The van der Waals surface area contributed by atoms with Crippen LogP contribution in [0.3, 0.4) is 0 Å². The van der Waals surface area contributed by atoms with Gasteiger partial charge in [0.05, 0.1) is 36.8 Å². The third kappa shape index (κ3) is 4.58. The summed E-state index contributed by atoms with van der Waals surface area (Å²) in [6.07, 6.45) is 3.27. The number of ether oxygens (including phenoxy) is 2. The first-order valence-corrected chi connectivity index (χ1v) is 10.9. The molecular formula is C23H30N4O4. The van der Waals surface area contributed by atoms with Crippen LogP contribution >= 0.6 is 0 Å². The molecule has 4 rings (SSSR count). The number of hydrogen-bond donors (Lipinski definition) is 1. The first-order valence-electron chi connectivity index (χ1n) is 10.9. The Balaban J connectivity index is 1.40. The van der Waals surface area contributed by atoms with Crippen molar-refractivity contribution in [2.45, 2.75) is 44.8 Å². The Morgan fingerprint density at radius 1 is 1.03 bits per heavy atom. The number of benzene rings is 1. The maximum absolute atomic E-state index is 13.2. The molecule has 2 fully saturated rings. The smallest absolute Gasteiger partial charge is 0.257 e. The van der Waals surface area contributed by atoms with Crippen molar-refractivity contribution in [1.29, 1.82) is 0 Å². The van der Waals surface area contributed by atoms with Crippen molar-refractivity contribution in [3.63, 3.8) is 0 Å². The van der Waals surface area contributed by atoms with Crippen LogP contribution in [0.15, 0.2) is 30.5 Å². The van der Waals surface area contributed by atoms with E-state index in [1.165, 1.54) is 0 Å². The first kappa shape index (κ1) is 21.4. The van der Waals surface area contributed by atoms with Gasteiger partial charge in [0.15, 0.2) is 0 Å². The van der Waals surface area contributed by atoms with Crippen LogP contribution in [-0.2, 0) is 4.74 Å². The summed E-state index contributed by atoms with van der Waals surface area (Å²) in [7, 11) is 1.61. The van der Waals surface area contributed by atoms with E-state index in [4.69, 9.17) is 9.47 Å². The number of nitrogens with one attached hydrogen (secondary N) is 1. The second kappa shape index (κ2) is 9.09. The molecule has 0 bridgehead atoms. The number of carbonyl (C=O) groups excluding carboxylic acids is 2. The van der Waals surface area contributed by atoms with Crippen LogP contribution in [0.2, 0.25) is 0 Å². The van der Waals surface area contributed by atoms with Gasteiger partial charge in [0.25, 0.3) is 11.8 Å². The van der Waals surface area contributed by atoms with E-state index in [2.05, 4.69) is 10.2 Å². The Labute approximate surface area is 182 Å². The molecule has 1 aromatic heterocycles. The Bertz CT molecular complexity index is 908. The molecule has 2 amide bonds. The number of hydrogen-bond acceptors (Lipinski definition) is 5. The van der Waals surface area contributed by atoms with Gasteiger partial charge in [-0.1, -0.05) is 0 Å². The van der Waals surface area contributed by atoms with Crippen molar-refractivity contribution in [2.75, 3.05) is 33.3 Å². The molecule has 2 atom stereocenters. The van der Waals surface area contributed by atoms with E-state index in [0.29, 0.717) is 37.3 Å². The number of H-pyrrole nitrogens is 1. The monoisotopic (exact) mass is 426 g/mol. The lowest BCUT2D eigenvalue weighted by Crippen LogP contribution is -2.48. The standard InChI is InChI=1S/C23H30N4O4/c1-15-13-27(14-16(2)31-15)23(29)20-12-24-25-21(20)17-8-10-26(11-9-17)22(28)18-4-6-19(30-3)7-5-18/h4-7,12,15-17H,8-11,13-14H2,1-3H3,(H,24,25)/t15-,16+. The van der Waals surface area contributed by atoms with Gasteiger partial charge in [-0.25, -0.2) is 0 Å². The topological polar surface area (TPSA) is 87.8 Å². The lowest BCUT2D eigenvalue weighted by molar-refractivity contribution is -0.0586. The summed E-state index contributed by atoms with van der Waals surface area (Å²) in [6.45, 7) is 6.44. The molecule has 2 aliphatic heterocycles. The molecule has 0 radical (unpaired) electrons. The highest BCUT2D eigenvalue weighted by atomic mass is 16.5. The SMILES string of the molecule is COc1ccc(C(=O)N2CCC(c3[nH]ncc3C(=O)N3C[C@@H](C)O[C@@H](C)C3)CC2)cc1. The highest BCUT2D eigenvalue weighted by Crippen LogP contribution is 2.30. The molecule has 1 aromatic carbocycles. The molecule has 166 valence electrons. The first-order chi connectivity index (χ1) is 15.0. The summed E-state index contributed by atoms with van der Waals surface area (Å²) in [5.41, 5.74) is 2.18. The fourth-order valence-electron chi connectivity index (χ4n) is 4.58. The number of morpholine rings is 1. The summed E-state index contributed by atoms with van der Waals surface area (Å²) in [5, 5.41) is 7.23. The Hall–Kier alpha value is -2.87.